The number of halogens is 3. The van der Waals surface area contributed by atoms with Crippen LogP contribution in [0.3, 0.4) is 0 Å². The first-order valence-corrected chi connectivity index (χ1v) is 22.8. The highest BCUT2D eigenvalue weighted by molar-refractivity contribution is 6.14. The van der Waals surface area contributed by atoms with E-state index in [9.17, 15) is 10.5 Å². The van der Waals surface area contributed by atoms with Crippen molar-refractivity contribution < 1.29 is 13.2 Å². The van der Waals surface area contributed by atoms with E-state index in [1.165, 1.54) is 12.1 Å². The van der Waals surface area contributed by atoms with E-state index >= 15 is 13.2 Å². The van der Waals surface area contributed by atoms with Crippen molar-refractivity contribution in [3.63, 3.8) is 0 Å². The summed E-state index contributed by atoms with van der Waals surface area (Å²) >= 11 is 0. The highest BCUT2D eigenvalue weighted by atomic mass is 19.4. The number of nitriles is 2. The molecule has 0 unspecified atom stereocenters. The van der Waals surface area contributed by atoms with E-state index in [1.54, 1.807) is 12.1 Å². The van der Waals surface area contributed by atoms with Gasteiger partial charge in [-0.25, -0.2) is 0 Å². The molecule has 2 aromatic heterocycles. The number of rotatable bonds is 7. The van der Waals surface area contributed by atoms with Crippen molar-refractivity contribution in [2.45, 2.75) is 6.18 Å². The third kappa shape index (κ3) is 7.00. The summed E-state index contributed by atoms with van der Waals surface area (Å²) in [6.45, 7) is 0. The second kappa shape index (κ2) is 16.7. The Labute approximate surface area is 401 Å². The molecule has 2 heterocycles. The Balaban J connectivity index is 1.29. The molecule has 0 aliphatic heterocycles. The molecule has 70 heavy (non-hydrogen) atoms. The minimum Gasteiger partial charge on any atom is -0.307 e. The van der Waals surface area contributed by atoms with Crippen LogP contribution in [-0.2, 0) is 6.18 Å². The molecule has 0 N–H and O–H groups in total. The van der Waals surface area contributed by atoms with E-state index < -0.39 is 11.7 Å². The van der Waals surface area contributed by atoms with Gasteiger partial charge in [-0.05, 0) is 93.0 Å². The molecule has 7 heteroatoms. The fraction of sp³-hybridized carbons (Fsp3) is 0.0159. The molecule has 0 radical (unpaired) electrons. The molecule has 12 rings (SSSR count). The van der Waals surface area contributed by atoms with Gasteiger partial charge in [0.15, 0.2) is 0 Å². The first-order chi connectivity index (χ1) is 34.3. The molecule has 0 saturated carbocycles. The number of hydrogen-bond donors (Lipinski definition) is 0. The molecule has 0 saturated heterocycles. The highest BCUT2D eigenvalue weighted by Gasteiger charge is 2.36. The van der Waals surface area contributed by atoms with Crippen LogP contribution >= 0.6 is 0 Å². The number of hydrogen-bond acceptors (Lipinski definition) is 2. The van der Waals surface area contributed by atoms with Crippen molar-refractivity contribution in [2.75, 3.05) is 0 Å². The smallest absolute Gasteiger partial charge is 0.307 e. The molecule has 10 aromatic carbocycles. The SMILES string of the molecule is N#Cc1cc(-n2c3cc(-c4ccccc4)ccc3c3ccc(-c4ccccc4)cc32)c(-n2c3cc(-c4ccccc4)ccc3c3ccc(-c4ccccc4)cc32)cc1-c1c(C#N)cccc1C(F)(F)F. The van der Waals surface area contributed by atoms with E-state index in [1.807, 2.05) is 78.9 Å². The number of fused-ring (bicyclic) bond motifs is 6. The first-order valence-electron chi connectivity index (χ1n) is 22.8. The van der Waals surface area contributed by atoms with Gasteiger partial charge in [-0.1, -0.05) is 176 Å². The molecule has 0 bridgehead atoms. The van der Waals surface area contributed by atoms with Crippen molar-refractivity contribution in [2.24, 2.45) is 0 Å². The zero-order valence-corrected chi connectivity index (χ0v) is 37.3. The lowest BCUT2D eigenvalue weighted by Crippen LogP contribution is -2.10. The van der Waals surface area contributed by atoms with E-state index in [2.05, 4.69) is 137 Å². The zero-order valence-electron chi connectivity index (χ0n) is 37.3. The monoisotopic (exact) mass is 906 g/mol. The summed E-state index contributed by atoms with van der Waals surface area (Å²) in [6.07, 6.45) is -4.84. The maximum absolute atomic E-state index is 15.3. The van der Waals surface area contributed by atoms with Gasteiger partial charge in [0, 0.05) is 32.7 Å². The van der Waals surface area contributed by atoms with Gasteiger partial charge in [0.2, 0.25) is 0 Å². The van der Waals surface area contributed by atoms with Gasteiger partial charge in [0.05, 0.1) is 62.3 Å². The minimum absolute atomic E-state index is 0.00475. The molecular weight excluding hydrogens is 870 g/mol. The number of benzene rings is 10. The fourth-order valence-corrected chi connectivity index (χ4v) is 10.2. The third-order valence-corrected chi connectivity index (χ3v) is 13.4. The Kier molecular flexibility index (Phi) is 10.0. The highest BCUT2D eigenvalue weighted by Crippen LogP contribution is 2.46. The zero-order chi connectivity index (χ0) is 47.5. The average molecular weight is 907 g/mol. The molecule has 0 aliphatic rings. The largest absolute Gasteiger partial charge is 0.417 e. The quantitative estimate of drug-likeness (QED) is 0.160. The lowest BCUT2D eigenvalue weighted by molar-refractivity contribution is -0.137. The average Bonchev–Trinajstić information content (AvgIpc) is 3.92. The summed E-state index contributed by atoms with van der Waals surface area (Å²) in [5.41, 5.74) is 10.6. The first kappa shape index (κ1) is 42.0. The Bertz CT molecular complexity index is 3910. The van der Waals surface area contributed by atoms with Crippen molar-refractivity contribution >= 4 is 43.6 Å². The van der Waals surface area contributed by atoms with Crippen LogP contribution in [0.1, 0.15) is 16.7 Å². The topological polar surface area (TPSA) is 57.4 Å². The summed E-state index contributed by atoms with van der Waals surface area (Å²) in [5, 5.41) is 25.5. The van der Waals surface area contributed by atoms with Gasteiger partial charge in [0.25, 0.3) is 0 Å². The minimum atomic E-state index is -4.84. The second-order valence-electron chi connectivity index (χ2n) is 17.4. The molecule has 330 valence electrons. The lowest BCUT2D eigenvalue weighted by Gasteiger charge is -2.22. The van der Waals surface area contributed by atoms with Crippen LogP contribution < -0.4 is 0 Å². The van der Waals surface area contributed by atoms with Crippen molar-refractivity contribution in [1.29, 1.82) is 10.5 Å². The lowest BCUT2D eigenvalue weighted by atomic mass is 9.90. The summed E-state index contributed by atoms with van der Waals surface area (Å²) in [7, 11) is 0. The van der Waals surface area contributed by atoms with Crippen LogP contribution in [-0.4, -0.2) is 9.13 Å². The van der Waals surface area contributed by atoms with E-state index in [4.69, 9.17) is 0 Å². The Hall–Kier alpha value is -9.43. The van der Waals surface area contributed by atoms with Crippen LogP contribution in [0.25, 0.3) is 111 Å². The summed E-state index contributed by atoms with van der Waals surface area (Å²) < 4.78 is 50.2. The Morgan fingerprint density at radius 3 is 1.00 bits per heavy atom. The van der Waals surface area contributed by atoms with Gasteiger partial charge < -0.3 is 9.13 Å². The molecule has 0 amide bonds. The van der Waals surface area contributed by atoms with Gasteiger partial charge in [-0.15, -0.1) is 0 Å². The van der Waals surface area contributed by atoms with E-state index in [-0.39, 0.29) is 22.3 Å². The van der Waals surface area contributed by atoms with Gasteiger partial charge in [0.1, 0.15) is 0 Å². The number of aromatic nitrogens is 2. The van der Waals surface area contributed by atoms with Crippen LogP contribution in [0.5, 0.6) is 0 Å². The molecule has 0 aliphatic carbocycles. The Morgan fingerprint density at radius 2 is 0.671 bits per heavy atom. The number of alkyl halides is 3. The molecular formula is C63H37F3N4. The van der Waals surface area contributed by atoms with E-state index in [0.29, 0.717) is 11.4 Å². The number of nitrogens with zero attached hydrogens (tertiary/aromatic N) is 4. The van der Waals surface area contributed by atoms with Crippen molar-refractivity contribution in [3.8, 4) is 79.1 Å². The van der Waals surface area contributed by atoms with Gasteiger partial charge >= 0.3 is 6.18 Å². The maximum atomic E-state index is 15.3. The summed E-state index contributed by atoms with van der Waals surface area (Å²) in [5.74, 6) is 0. The molecule has 0 fully saturated rings. The normalized spacial score (nSPS) is 11.6. The second-order valence-corrected chi connectivity index (χ2v) is 17.4. The molecule has 4 nitrogen and oxygen atoms in total. The third-order valence-electron chi connectivity index (χ3n) is 13.4. The standard InChI is InChI=1S/C63H37F3N4/c64-63(65,66)55-23-13-22-48(38-67)62(55)54-37-61(70-58-34-46(42-18-9-3-10-19-42)26-30-52(58)53-31-27-47(35-59(53)70)43-20-11-4-12-21-43)60(36-49(54)39-68)69-56-32-44(40-14-5-1-6-15-40)24-28-50(56)51-29-25-45(33-57(51)69)41-16-7-2-8-17-41/h1-37H. The molecule has 12 aromatic rings. The van der Waals surface area contributed by atoms with Crippen molar-refractivity contribution in [3.05, 3.63) is 241 Å². The summed E-state index contributed by atoms with van der Waals surface area (Å²) in [4.78, 5) is 0. The van der Waals surface area contributed by atoms with Gasteiger partial charge in [-0.2, -0.15) is 23.7 Å². The van der Waals surface area contributed by atoms with Crippen LogP contribution in [0.15, 0.2) is 224 Å². The summed E-state index contributed by atoms with van der Waals surface area (Å²) in [6, 6.07) is 77.1. The van der Waals surface area contributed by atoms with E-state index in [0.717, 1.165) is 94.2 Å². The fourth-order valence-electron chi connectivity index (χ4n) is 10.2. The maximum Gasteiger partial charge on any atom is 0.417 e. The van der Waals surface area contributed by atoms with Crippen LogP contribution in [0.4, 0.5) is 13.2 Å². The van der Waals surface area contributed by atoms with Crippen molar-refractivity contribution in [1.82, 2.24) is 9.13 Å². The molecule has 0 spiro atoms. The predicted octanol–water partition coefficient (Wildman–Crippen LogP) is 17.0. The Morgan fingerprint density at radius 1 is 0.329 bits per heavy atom. The molecule has 0 atom stereocenters. The van der Waals surface area contributed by atoms with Gasteiger partial charge in [-0.3, -0.25) is 0 Å². The predicted molar refractivity (Wildman–Crippen MR) is 277 cm³/mol. The van der Waals surface area contributed by atoms with Crippen LogP contribution in [0.2, 0.25) is 0 Å². The van der Waals surface area contributed by atoms with Crippen LogP contribution in [0, 0.1) is 22.7 Å².